The van der Waals surface area contributed by atoms with Crippen LogP contribution in [0.15, 0.2) is 36.7 Å². The SMILES string of the molecule is CCCCCCCCCOc1ncc(-c2ccc(OCCOCCOCCCCCC)cc2)cn1. The van der Waals surface area contributed by atoms with E-state index in [2.05, 4.69) is 23.8 Å². The molecular weight excluding hydrogens is 440 g/mol. The molecule has 0 amide bonds. The van der Waals surface area contributed by atoms with Crippen LogP contribution in [0.5, 0.6) is 11.8 Å². The van der Waals surface area contributed by atoms with Crippen molar-refractivity contribution in [1.29, 1.82) is 0 Å². The van der Waals surface area contributed by atoms with Gasteiger partial charge in [-0.25, -0.2) is 9.97 Å². The summed E-state index contributed by atoms with van der Waals surface area (Å²) in [4.78, 5) is 8.71. The van der Waals surface area contributed by atoms with Crippen LogP contribution in [0.2, 0.25) is 0 Å². The fourth-order valence-corrected chi connectivity index (χ4v) is 3.68. The molecule has 1 aromatic carbocycles. The molecule has 6 heteroatoms. The van der Waals surface area contributed by atoms with Gasteiger partial charge in [0.1, 0.15) is 12.4 Å². The van der Waals surface area contributed by atoms with E-state index >= 15 is 0 Å². The van der Waals surface area contributed by atoms with Crippen LogP contribution in [-0.4, -0.2) is 49.6 Å². The fourth-order valence-electron chi connectivity index (χ4n) is 3.68. The lowest BCUT2D eigenvalue weighted by Gasteiger charge is -2.09. The Balaban J connectivity index is 1.54. The van der Waals surface area contributed by atoms with Crippen molar-refractivity contribution < 1.29 is 18.9 Å². The third-order valence-corrected chi connectivity index (χ3v) is 5.81. The topological polar surface area (TPSA) is 62.7 Å². The van der Waals surface area contributed by atoms with Gasteiger partial charge in [-0.2, -0.15) is 0 Å². The highest BCUT2D eigenvalue weighted by Gasteiger charge is 2.03. The molecule has 1 aromatic heterocycles. The van der Waals surface area contributed by atoms with E-state index in [1.165, 1.54) is 57.8 Å². The largest absolute Gasteiger partial charge is 0.491 e. The van der Waals surface area contributed by atoms with Gasteiger partial charge in [0, 0.05) is 24.6 Å². The molecule has 196 valence electrons. The summed E-state index contributed by atoms with van der Waals surface area (Å²) in [5, 5.41) is 0. The summed E-state index contributed by atoms with van der Waals surface area (Å²) in [5.74, 6) is 0.820. The summed E-state index contributed by atoms with van der Waals surface area (Å²) >= 11 is 0. The Labute approximate surface area is 212 Å². The molecule has 35 heavy (non-hydrogen) atoms. The van der Waals surface area contributed by atoms with E-state index in [9.17, 15) is 0 Å². The molecule has 2 aromatic rings. The van der Waals surface area contributed by atoms with E-state index in [4.69, 9.17) is 18.9 Å². The third kappa shape index (κ3) is 14.1. The van der Waals surface area contributed by atoms with Crippen LogP contribution in [0.1, 0.15) is 84.5 Å². The number of rotatable bonds is 22. The lowest BCUT2D eigenvalue weighted by molar-refractivity contribution is 0.0352. The van der Waals surface area contributed by atoms with Gasteiger partial charge in [-0.05, 0) is 30.5 Å². The Morgan fingerprint density at radius 2 is 1.06 bits per heavy atom. The molecule has 0 N–H and O–H groups in total. The second-order valence-electron chi connectivity index (χ2n) is 8.88. The molecule has 1 heterocycles. The number of hydrogen-bond acceptors (Lipinski definition) is 6. The van der Waals surface area contributed by atoms with Gasteiger partial charge in [-0.1, -0.05) is 83.8 Å². The van der Waals surface area contributed by atoms with Crippen LogP contribution < -0.4 is 9.47 Å². The third-order valence-electron chi connectivity index (χ3n) is 5.81. The number of unbranched alkanes of at least 4 members (excludes halogenated alkanes) is 9. The molecule has 0 aliphatic heterocycles. The second-order valence-corrected chi connectivity index (χ2v) is 8.88. The molecule has 0 spiro atoms. The van der Waals surface area contributed by atoms with Crippen molar-refractivity contribution in [2.45, 2.75) is 84.5 Å². The number of hydrogen-bond donors (Lipinski definition) is 0. The van der Waals surface area contributed by atoms with E-state index in [1.54, 1.807) is 0 Å². The second kappa shape index (κ2) is 20.1. The van der Waals surface area contributed by atoms with E-state index in [0.717, 1.165) is 36.3 Å². The fraction of sp³-hybridized carbons (Fsp3) is 0.655. The average Bonchev–Trinajstić information content (AvgIpc) is 2.89. The molecule has 0 unspecified atom stereocenters. The zero-order chi connectivity index (χ0) is 24.8. The predicted molar refractivity (Wildman–Crippen MR) is 142 cm³/mol. The molecular formula is C29H46N2O4. The molecule has 0 aliphatic carbocycles. The van der Waals surface area contributed by atoms with Crippen molar-refractivity contribution >= 4 is 0 Å². The maximum absolute atomic E-state index is 5.76. The standard InChI is InChI=1S/C29H46N2O4/c1-3-5-7-9-10-11-13-19-35-29-30-24-27(25-31-29)26-14-16-28(17-15-26)34-23-22-33-21-20-32-18-12-8-6-4-2/h14-17,24-25H,3-13,18-23H2,1-2H3. The van der Waals surface area contributed by atoms with Gasteiger partial charge < -0.3 is 18.9 Å². The summed E-state index contributed by atoms with van der Waals surface area (Å²) in [6.45, 7) is 8.28. The molecule has 0 saturated heterocycles. The molecule has 0 atom stereocenters. The van der Waals surface area contributed by atoms with Crippen molar-refractivity contribution in [3.8, 4) is 22.9 Å². The first-order chi connectivity index (χ1) is 17.3. The lowest BCUT2D eigenvalue weighted by atomic mass is 10.1. The van der Waals surface area contributed by atoms with Gasteiger partial charge >= 0.3 is 6.01 Å². The minimum absolute atomic E-state index is 0.446. The van der Waals surface area contributed by atoms with Crippen LogP contribution >= 0.6 is 0 Å². The number of aromatic nitrogens is 2. The maximum atomic E-state index is 5.76. The highest BCUT2D eigenvalue weighted by molar-refractivity contribution is 5.62. The minimum Gasteiger partial charge on any atom is -0.491 e. The summed E-state index contributed by atoms with van der Waals surface area (Å²) in [7, 11) is 0. The van der Waals surface area contributed by atoms with E-state index in [1.807, 2.05) is 36.7 Å². The first kappa shape index (κ1) is 29.1. The Morgan fingerprint density at radius 1 is 0.514 bits per heavy atom. The highest BCUT2D eigenvalue weighted by Crippen LogP contribution is 2.22. The molecule has 0 aliphatic rings. The van der Waals surface area contributed by atoms with Crippen LogP contribution in [0.4, 0.5) is 0 Å². The van der Waals surface area contributed by atoms with E-state index < -0.39 is 0 Å². The van der Waals surface area contributed by atoms with Crippen LogP contribution in [-0.2, 0) is 9.47 Å². The van der Waals surface area contributed by atoms with Crippen molar-refractivity contribution in [1.82, 2.24) is 9.97 Å². The molecule has 2 rings (SSSR count). The molecule has 0 radical (unpaired) electrons. The Hall–Kier alpha value is -2.18. The van der Waals surface area contributed by atoms with Gasteiger partial charge in [0.25, 0.3) is 0 Å². The smallest absolute Gasteiger partial charge is 0.316 e. The van der Waals surface area contributed by atoms with Crippen molar-refractivity contribution in [3.63, 3.8) is 0 Å². The Bertz CT molecular complexity index is 737. The summed E-state index contributed by atoms with van der Waals surface area (Å²) in [5.41, 5.74) is 2.00. The molecule has 0 saturated carbocycles. The van der Waals surface area contributed by atoms with Gasteiger partial charge in [0.15, 0.2) is 0 Å². The monoisotopic (exact) mass is 486 g/mol. The van der Waals surface area contributed by atoms with Crippen LogP contribution in [0, 0.1) is 0 Å². The molecule has 0 bridgehead atoms. The summed E-state index contributed by atoms with van der Waals surface area (Å²) < 4.78 is 22.6. The maximum Gasteiger partial charge on any atom is 0.316 e. The lowest BCUT2D eigenvalue weighted by Crippen LogP contribution is -2.11. The Kier molecular flexibility index (Phi) is 16.6. The summed E-state index contributed by atoms with van der Waals surface area (Å²) in [6.07, 6.45) is 17.4. The Morgan fingerprint density at radius 3 is 1.74 bits per heavy atom. The first-order valence-corrected chi connectivity index (χ1v) is 13.7. The van der Waals surface area contributed by atoms with Gasteiger partial charge in [0.2, 0.25) is 0 Å². The van der Waals surface area contributed by atoms with Crippen LogP contribution in [0.3, 0.4) is 0 Å². The predicted octanol–water partition coefficient (Wildman–Crippen LogP) is 7.27. The van der Waals surface area contributed by atoms with Gasteiger partial charge in [0.05, 0.1) is 26.4 Å². The number of nitrogens with zero attached hydrogens (tertiary/aromatic N) is 2. The molecule has 0 fully saturated rings. The van der Waals surface area contributed by atoms with Crippen molar-refractivity contribution in [2.24, 2.45) is 0 Å². The van der Waals surface area contributed by atoms with Crippen molar-refractivity contribution in [3.05, 3.63) is 36.7 Å². The minimum atomic E-state index is 0.446. The van der Waals surface area contributed by atoms with Gasteiger partial charge in [-0.3, -0.25) is 0 Å². The number of benzene rings is 1. The first-order valence-electron chi connectivity index (χ1n) is 13.7. The number of ether oxygens (including phenoxy) is 4. The molecule has 6 nitrogen and oxygen atoms in total. The normalized spacial score (nSPS) is 11.0. The zero-order valence-electron chi connectivity index (χ0n) is 22.0. The summed E-state index contributed by atoms with van der Waals surface area (Å²) in [6, 6.07) is 8.39. The average molecular weight is 487 g/mol. The quantitative estimate of drug-likeness (QED) is 0.163. The van der Waals surface area contributed by atoms with Crippen molar-refractivity contribution in [2.75, 3.05) is 39.6 Å². The van der Waals surface area contributed by atoms with E-state index in [0.29, 0.717) is 39.0 Å². The highest BCUT2D eigenvalue weighted by atomic mass is 16.5. The van der Waals surface area contributed by atoms with Crippen LogP contribution in [0.25, 0.3) is 11.1 Å². The van der Waals surface area contributed by atoms with E-state index in [-0.39, 0.29) is 0 Å². The zero-order valence-corrected chi connectivity index (χ0v) is 22.0. The van der Waals surface area contributed by atoms with Gasteiger partial charge in [-0.15, -0.1) is 0 Å².